The lowest BCUT2D eigenvalue weighted by Crippen LogP contribution is -2.37. The molecule has 0 saturated carbocycles. The molecule has 0 bridgehead atoms. The number of nitrogens with zero attached hydrogens (tertiary/aromatic N) is 1. The van der Waals surface area contributed by atoms with Crippen LogP contribution in [-0.4, -0.2) is 32.6 Å². The van der Waals surface area contributed by atoms with E-state index in [-0.39, 0.29) is 5.97 Å². The molecular formula is C19H22ClN3O2. The average Bonchev–Trinajstić information content (AvgIpc) is 2.64. The fourth-order valence-corrected chi connectivity index (χ4v) is 2.51. The van der Waals surface area contributed by atoms with E-state index in [0.717, 1.165) is 29.5 Å². The third-order valence-corrected chi connectivity index (χ3v) is 3.89. The van der Waals surface area contributed by atoms with Crippen molar-refractivity contribution in [2.45, 2.75) is 13.0 Å². The van der Waals surface area contributed by atoms with Gasteiger partial charge in [0.2, 0.25) is 0 Å². The van der Waals surface area contributed by atoms with Gasteiger partial charge < -0.3 is 15.4 Å². The molecule has 0 aromatic heterocycles. The Morgan fingerprint density at radius 1 is 1.12 bits per heavy atom. The maximum absolute atomic E-state index is 11.4. The second-order valence-electron chi connectivity index (χ2n) is 5.42. The summed E-state index contributed by atoms with van der Waals surface area (Å²) in [5.74, 6) is 0.386. The van der Waals surface area contributed by atoms with E-state index in [4.69, 9.17) is 11.6 Å². The van der Waals surface area contributed by atoms with Crippen molar-refractivity contribution in [1.82, 2.24) is 10.6 Å². The third-order valence-electron chi connectivity index (χ3n) is 3.65. The lowest BCUT2D eigenvalue weighted by molar-refractivity contribution is 0.0600. The summed E-state index contributed by atoms with van der Waals surface area (Å²) in [5.41, 5.74) is 2.76. The van der Waals surface area contributed by atoms with Crippen LogP contribution in [0.4, 0.5) is 0 Å². The molecule has 25 heavy (non-hydrogen) atoms. The summed E-state index contributed by atoms with van der Waals surface area (Å²) in [4.78, 5) is 15.6. The highest BCUT2D eigenvalue weighted by molar-refractivity contribution is 6.30. The van der Waals surface area contributed by atoms with Gasteiger partial charge in [0.25, 0.3) is 0 Å². The van der Waals surface area contributed by atoms with Gasteiger partial charge in [-0.2, -0.15) is 0 Å². The number of hydrogen-bond donors (Lipinski definition) is 2. The monoisotopic (exact) mass is 359 g/mol. The summed E-state index contributed by atoms with van der Waals surface area (Å²) in [6, 6.07) is 15.1. The van der Waals surface area contributed by atoms with Crippen molar-refractivity contribution in [1.29, 1.82) is 0 Å². The van der Waals surface area contributed by atoms with Crippen molar-refractivity contribution in [3.63, 3.8) is 0 Å². The SMILES string of the molecule is CN=C(NCCc1cccc(Cl)c1)NCc1ccc(C(=O)OC)cc1. The summed E-state index contributed by atoms with van der Waals surface area (Å²) >= 11 is 5.99. The van der Waals surface area contributed by atoms with Crippen LogP contribution in [-0.2, 0) is 17.7 Å². The molecule has 2 aromatic carbocycles. The van der Waals surface area contributed by atoms with Crippen LogP contribution < -0.4 is 10.6 Å². The van der Waals surface area contributed by atoms with Gasteiger partial charge in [0.1, 0.15) is 0 Å². The summed E-state index contributed by atoms with van der Waals surface area (Å²) in [5, 5.41) is 7.26. The van der Waals surface area contributed by atoms with Crippen molar-refractivity contribution in [3.05, 3.63) is 70.2 Å². The van der Waals surface area contributed by atoms with Crippen molar-refractivity contribution in [2.24, 2.45) is 4.99 Å². The van der Waals surface area contributed by atoms with E-state index >= 15 is 0 Å². The lowest BCUT2D eigenvalue weighted by Gasteiger charge is -2.12. The Labute approximate surface area is 153 Å². The Balaban J connectivity index is 1.79. The normalized spacial score (nSPS) is 11.1. The Bertz CT molecular complexity index is 730. The van der Waals surface area contributed by atoms with Gasteiger partial charge in [-0.15, -0.1) is 0 Å². The van der Waals surface area contributed by atoms with Crippen molar-refractivity contribution in [3.8, 4) is 0 Å². The van der Waals surface area contributed by atoms with Gasteiger partial charge in [0, 0.05) is 25.2 Å². The molecule has 2 aromatic rings. The Hall–Kier alpha value is -2.53. The van der Waals surface area contributed by atoms with Gasteiger partial charge in [-0.1, -0.05) is 35.9 Å². The van der Waals surface area contributed by atoms with E-state index in [0.29, 0.717) is 12.1 Å². The zero-order chi connectivity index (χ0) is 18.1. The molecule has 0 aliphatic carbocycles. The molecule has 6 heteroatoms. The largest absolute Gasteiger partial charge is 0.465 e. The number of carbonyl (C=O) groups is 1. The zero-order valence-electron chi connectivity index (χ0n) is 14.4. The molecule has 0 radical (unpaired) electrons. The smallest absolute Gasteiger partial charge is 0.337 e. The van der Waals surface area contributed by atoms with E-state index in [1.54, 1.807) is 19.2 Å². The van der Waals surface area contributed by atoms with E-state index in [9.17, 15) is 4.79 Å². The second kappa shape index (κ2) is 9.69. The molecule has 0 heterocycles. The number of guanidine groups is 1. The van der Waals surface area contributed by atoms with Gasteiger partial charge >= 0.3 is 5.97 Å². The zero-order valence-corrected chi connectivity index (χ0v) is 15.1. The first kappa shape index (κ1) is 18.8. The predicted molar refractivity (Wildman–Crippen MR) is 101 cm³/mol. The first-order valence-corrected chi connectivity index (χ1v) is 8.36. The number of rotatable bonds is 6. The molecule has 5 nitrogen and oxygen atoms in total. The Morgan fingerprint density at radius 2 is 1.88 bits per heavy atom. The third kappa shape index (κ3) is 6.12. The number of benzene rings is 2. The van der Waals surface area contributed by atoms with Crippen LogP contribution in [0, 0.1) is 0 Å². The van der Waals surface area contributed by atoms with Crippen molar-refractivity contribution >= 4 is 23.5 Å². The molecule has 2 N–H and O–H groups in total. The number of esters is 1. The highest BCUT2D eigenvalue weighted by Crippen LogP contribution is 2.10. The van der Waals surface area contributed by atoms with Crippen LogP contribution in [0.15, 0.2) is 53.5 Å². The van der Waals surface area contributed by atoms with Crippen LogP contribution >= 0.6 is 11.6 Å². The minimum Gasteiger partial charge on any atom is -0.465 e. The number of hydrogen-bond acceptors (Lipinski definition) is 3. The lowest BCUT2D eigenvalue weighted by atomic mass is 10.1. The second-order valence-corrected chi connectivity index (χ2v) is 5.86. The van der Waals surface area contributed by atoms with Crippen LogP contribution in [0.1, 0.15) is 21.5 Å². The van der Waals surface area contributed by atoms with Crippen molar-refractivity contribution in [2.75, 3.05) is 20.7 Å². The first-order chi connectivity index (χ1) is 12.1. The van der Waals surface area contributed by atoms with Gasteiger partial charge in [-0.3, -0.25) is 4.99 Å². The molecule has 0 spiro atoms. The van der Waals surface area contributed by atoms with E-state index in [1.165, 1.54) is 12.7 Å². The minimum absolute atomic E-state index is 0.335. The predicted octanol–water partition coefficient (Wildman–Crippen LogP) is 3.03. The summed E-state index contributed by atoms with van der Waals surface area (Å²) in [6.45, 7) is 1.36. The number of ether oxygens (including phenoxy) is 1. The van der Waals surface area contributed by atoms with Gasteiger partial charge in [-0.05, 0) is 41.8 Å². The Kier molecular flexibility index (Phi) is 7.29. The number of methoxy groups -OCH3 is 1. The van der Waals surface area contributed by atoms with E-state index < -0.39 is 0 Å². The van der Waals surface area contributed by atoms with Gasteiger partial charge in [0.15, 0.2) is 5.96 Å². The molecular weight excluding hydrogens is 338 g/mol. The number of carbonyl (C=O) groups excluding carboxylic acids is 1. The number of halogens is 1. The quantitative estimate of drug-likeness (QED) is 0.473. The molecule has 0 atom stereocenters. The number of nitrogens with one attached hydrogen (secondary N) is 2. The molecule has 0 fully saturated rings. The summed E-state index contributed by atoms with van der Waals surface area (Å²) < 4.78 is 4.69. The Morgan fingerprint density at radius 3 is 2.52 bits per heavy atom. The van der Waals surface area contributed by atoms with E-state index in [1.807, 2.05) is 36.4 Å². The summed E-state index contributed by atoms with van der Waals surface area (Å²) in [7, 11) is 3.10. The van der Waals surface area contributed by atoms with E-state index in [2.05, 4.69) is 20.4 Å². The van der Waals surface area contributed by atoms with Gasteiger partial charge in [-0.25, -0.2) is 4.79 Å². The molecule has 0 aliphatic rings. The maximum atomic E-state index is 11.4. The van der Waals surface area contributed by atoms with Gasteiger partial charge in [0.05, 0.1) is 12.7 Å². The number of aliphatic imine (C=N–C) groups is 1. The molecule has 132 valence electrons. The standard InChI is InChI=1S/C19H22ClN3O2/c1-21-19(22-11-10-14-4-3-5-17(20)12-14)23-13-15-6-8-16(9-7-15)18(24)25-2/h3-9,12H,10-11,13H2,1-2H3,(H2,21,22,23). The summed E-state index contributed by atoms with van der Waals surface area (Å²) in [6.07, 6.45) is 0.856. The molecule has 0 aliphatic heterocycles. The topological polar surface area (TPSA) is 62.7 Å². The highest BCUT2D eigenvalue weighted by Gasteiger charge is 2.05. The van der Waals surface area contributed by atoms with Crippen LogP contribution in [0.5, 0.6) is 0 Å². The molecule has 0 saturated heterocycles. The maximum Gasteiger partial charge on any atom is 0.337 e. The van der Waals surface area contributed by atoms with Crippen LogP contribution in [0.25, 0.3) is 0 Å². The molecule has 0 unspecified atom stereocenters. The first-order valence-electron chi connectivity index (χ1n) is 7.98. The van der Waals surface area contributed by atoms with Crippen LogP contribution in [0.3, 0.4) is 0 Å². The fraction of sp³-hybridized carbons (Fsp3) is 0.263. The minimum atomic E-state index is -0.335. The highest BCUT2D eigenvalue weighted by atomic mass is 35.5. The van der Waals surface area contributed by atoms with Crippen LogP contribution in [0.2, 0.25) is 5.02 Å². The molecule has 2 rings (SSSR count). The average molecular weight is 360 g/mol. The van der Waals surface area contributed by atoms with Crippen molar-refractivity contribution < 1.29 is 9.53 Å². The molecule has 0 amide bonds. The fourth-order valence-electron chi connectivity index (χ4n) is 2.30.